The van der Waals surface area contributed by atoms with Crippen molar-refractivity contribution in [2.75, 3.05) is 12.3 Å². The summed E-state index contributed by atoms with van der Waals surface area (Å²) in [5.74, 6) is 1.15. The number of nitrogens with zero attached hydrogens (tertiary/aromatic N) is 3. The monoisotopic (exact) mass is 312 g/mol. The van der Waals surface area contributed by atoms with E-state index in [0.29, 0.717) is 24.4 Å². The van der Waals surface area contributed by atoms with Crippen LogP contribution in [-0.4, -0.2) is 21.1 Å². The van der Waals surface area contributed by atoms with Crippen molar-refractivity contribution in [3.63, 3.8) is 0 Å². The third-order valence-corrected chi connectivity index (χ3v) is 3.49. The molecule has 5 N–H and O–H groups in total. The van der Waals surface area contributed by atoms with Crippen molar-refractivity contribution in [3.8, 4) is 0 Å². The van der Waals surface area contributed by atoms with Crippen LogP contribution in [-0.2, 0) is 18.0 Å². The van der Waals surface area contributed by atoms with Crippen LogP contribution >= 0.6 is 0 Å². The van der Waals surface area contributed by atoms with Gasteiger partial charge in [-0.3, -0.25) is 10.3 Å². The molecule has 0 saturated heterocycles. The predicted octanol–water partition coefficient (Wildman–Crippen LogP) is 1.68. The minimum atomic E-state index is 0.273. The van der Waals surface area contributed by atoms with Gasteiger partial charge in [0.15, 0.2) is 5.82 Å². The number of rotatable bonds is 6. The van der Waals surface area contributed by atoms with Crippen molar-refractivity contribution in [3.05, 3.63) is 42.4 Å². The molecule has 120 valence electrons. The molecule has 1 aromatic carbocycles. The molecule has 0 unspecified atom stereocenters. The summed E-state index contributed by atoms with van der Waals surface area (Å²) in [6.07, 6.45) is 0. The number of pyridine rings is 1. The summed E-state index contributed by atoms with van der Waals surface area (Å²) in [4.78, 5) is 14.4. The first-order chi connectivity index (χ1) is 11.1. The van der Waals surface area contributed by atoms with Gasteiger partial charge in [0.1, 0.15) is 17.9 Å². The fourth-order valence-electron chi connectivity index (χ4n) is 2.61. The van der Waals surface area contributed by atoms with Crippen LogP contribution in [0.25, 0.3) is 21.9 Å². The Kier molecular flexibility index (Phi) is 4.14. The molecule has 23 heavy (non-hydrogen) atoms. The van der Waals surface area contributed by atoms with Crippen molar-refractivity contribution < 1.29 is 4.84 Å². The summed E-state index contributed by atoms with van der Waals surface area (Å²) in [5, 5.41) is 0.997. The average molecular weight is 312 g/mol. The van der Waals surface area contributed by atoms with E-state index < -0.39 is 0 Å². The fourth-order valence-corrected chi connectivity index (χ4v) is 2.61. The number of nitrogens with one attached hydrogen (secondary N) is 1. The van der Waals surface area contributed by atoms with E-state index in [9.17, 15) is 0 Å². The summed E-state index contributed by atoms with van der Waals surface area (Å²) in [6.45, 7) is 6.93. The van der Waals surface area contributed by atoms with Crippen molar-refractivity contribution in [1.82, 2.24) is 20.0 Å². The Hall–Kier alpha value is -2.64. The molecular weight excluding hydrogens is 292 g/mol. The van der Waals surface area contributed by atoms with E-state index in [4.69, 9.17) is 16.3 Å². The maximum atomic E-state index is 6.09. The molecule has 0 aliphatic carbocycles. The van der Waals surface area contributed by atoms with Crippen LogP contribution in [0.3, 0.4) is 0 Å². The number of hydrogen-bond acceptors (Lipinski definition) is 6. The zero-order valence-electron chi connectivity index (χ0n) is 13.0. The topological polar surface area (TPSA) is 104 Å². The largest absolute Gasteiger partial charge is 0.382 e. The SMILES string of the molecule is C=C(C)NOCc1nc2c(N)nc3ccccc3c2n1CCN. The zero-order valence-corrected chi connectivity index (χ0v) is 13.0. The first-order valence-electron chi connectivity index (χ1n) is 7.38. The standard InChI is InChI=1S/C16H20N6O/c1-10(2)21-23-9-13-20-14-15(22(13)8-7-17)11-5-3-4-6-12(11)19-16(14)18/h3-6,21H,1,7-9,17H2,2H3,(H2,18,19). The van der Waals surface area contributed by atoms with E-state index in [-0.39, 0.29) is 6.61 Å². The zero-order chi connectivity index (χ0) is 16.4. The third kappa shape index (κ3) is 2.84. The van der Waals surface area contributed by atoms with Gasteiger partial charge in [-0.15, -0.1) is 0 Å². The highest BCUT2D eigenvalue weighted by molar-refractivity contribution is 6.06. The number of anilines is 1. The number of hydroxylamine groups is 1. The van der Waals surface area contributed by atoms with E-state index in [1.54, 1.807) is 0 Å². The second-order valence-corrected chi connectivity index (χ2v) is 5.35. The number of aromatic nitrogens is 3. The Labute approximate surface area is 133 Å². The lowest BCUT2D eigenvalue weighted by atomic mass is 10.2. The number of imidazole rings is 1. The number of allylic oxidation sites excluding steroid dienone is 1. The second kappa shape index (κ2) is 6.23. The maximum absolute atomic E-state index is 6.09. The fraction of sp³-hybridized carbons (Fsp3) is 0.250. The van der Waals surface area contributed by atoms with Crippen LogP contribution in [0.15, 0.2) is 36.5 Å². The Morgan fingerprint density at radius 1 is 1.35 bits per heavy atom. The van der Waals surface area contributed by atoms with Gasteiger partial charge in [-0.25, -0.2) is 9.97 Å². The van der Waals surface area contributed by atoms with Crippen LogP contribution in [0.5, 0.6) is 0 Å². The van der Waals surface area contributed by atoms with Gasteiger partial charge in [0.05, 0.1) is 11.0 Å². The maximum Gasteiger partial charge on any atom is 0.152 e. The van der Waals surface area contributed by atoms with Crippen molar-refractivity contribution in [2.45, 2.75) is 20.1 Å². The van der Waals surface area contributed by atoms with E-state index in [0.717, 1.165) is 27.9 Å². The molecule has 3 rings (SSSR count). The number of para-hydroxylation sites is 1. The Morgan fingerprint density at radius 3 is 2.87 bits per heavy atom. The van der Waals surface area contributed by atoms with Gasteiger partial charge >= 0.3 is 0 Å². The van der Waals surface area contributed by atoms with Crippen LogP contribution in [0.4, 0.5) is 5.82 Å². The van der Waals surface area contributed by atoms with Gasteiger partial charge in [0, 0.05) is 24.2 Å². The molecule has 0 amide bonds. The Balaban J connectivity index is 2.17. The second-order valence-electron chi connectivity index (χ2n) is 5.35. The van der Waals surface area contributed by atoms with Gasteiger partial charge < -0.3 is 16.0 Å². The molecule has 0 aliphatic rings. The van der Waals surface area contributed by atoms with Crippen LogP contribution in [0, 0.1) is 0 Å². The van der Waals surface area contributed by atoms with Gasteiger partial charge in [0.25, 0.3) is 0 Å². The molecule has 2 heterocycles. The number of fused-ring (bicyclic) bond motifs is 3. The molecule has 0 fully saturated rings. The summed E-state index contributed by atoms with van der Waals surface area (Å²) < 4.78 is 2.04. The predicted molar refractivity (Wildman–Crippen MR) is 91.2 cm³/mol. The molecule has 7 heteroatoms. The van der Waals surface area contributed by atoms with Gasteiger partial charge in [-0.05, 0) is 13.0 Å². The summed E-state index contributed by atoms with van der Waals surface area (Å²) in [7, 11) is 0. The van der Waals surface area contributed by atoms with E-state index >= 15 is 0 Å². The first-order valence-corrected chi connectivity index (χ1v) is 7.38. The smallest absolute Gasteiger partial charge is 0.152 e. The molecule has 7 nitrogen and oxygen atoms in total. The molecule has 0 atom stereocenters. The average Bonchev–Trinajstić information content (AvgIpc) is 2.87. The minimum absolute atomic E-state index is 0.273. The lowest BCUT2D eigenvalue weighted by Gasteiger charge is -2.10. The lowest BCUT2D eigenvalue weighted by molar-refractivity contribution is 0.0439. The van der Waals surface area contributed by atoms with Crippen molar-refractivity contribution >= 4 is 27.8 Å². The Bertz CT molecular complexity index is 870. The molecule has 0 spiro atoms. The molecular formula is C16H20N6O. The highest BCUT2D eigenvalue weighted by Crippen LogP contribution is 2.28. The summed E-state index contributed by atoms with van der Waals surface area (Å²) in [5.41, 5.74) is 17.8. The molecule has 0 aliphatic heterocycles. The van der Waals surface area contributed by atoms with E-state index in [1.807, 2.05) is 35.8 Å². The van der Waals surface area contributed by atoms with Crippen LogP contribution in [0.1, 0.15) is 12.7 Å². The minimum Gasteiger partial charge on any atom is -0.382 e. The number of nitrogen functional groups attached to an aromatic ring is 1. The first kappa shape index (κ1) is 15.3. The van der Waals surface area contributed by atoms with Crippen LogP contribution in [0.2, 0.25) is 0 Å². The molecule has 0 radical (unpaired) electrons. The van der Waals surface area contributed by atoms with Crippen molar-refractivity contribution in [1.29, 1.82) is 0 Å². The number of benzene rings is 1. The molecule has 0 bridgehead atoms. The Morgan fingerprint density at radius 2 is 2.13 bits per heavy atom. The van der Waals surface area contributed by atoms with Gasteiger partial charge in [0.2, 0.25) is 0 Å². The van der Waals surface area contributed by atoms with Crippen LogP contribution < -0.4 is 16.9 Å². The summed E-state index contributed by atoms with van der Waals surface area (Å²) >= 11 is 0. The highest BCUT2D eigenvalue weighted by atomic mass is 16.6. The molecule has 3 aromatic rings. The van der Waals surface area contributed by atoms with Crippen molar-refractivity contribution in [2.24, 2.45) is 5.73 Å². The molecule has 0 saturated carbocycles. The quantitative estimate of drug-likeness (QED) is 0.598. The van der Waals surface area contributed by atoms with Gasteiger partial charge in [-0.1, -0.05) is 24.8 Å². The van der Waals surface area contributed by atoms with E-state index in [2.05, 4.69) is 22.0 Å². The number of hydrogen-bond donors (Lipinski definition) is 3. The number of nitrogens with two attached hydrogens (primary N) is 2. The molecule has 2 aromatic heterocycles. The van der Waals surface area contributed by atoms with E-state index in [1.165, 1.54) is 0 Å². The van der Waals surface area contributed by atoms with Gasteiger partial charge in [-0.2, -0.15) is 0 Å². The normalized spacial score (nSPS) is 11.2. The highest BCUT2D eigenvalue weighted by Gasteiger charge is 2.16. The third-order valence-electron chi connectivity index (χ3n) is 3.49. The lowest BCUT2D eigenvalue weighted by Crippen LogP contribution is -2.16. The summed E-state index contributed by atoms with van der Waals surface area (Å²) in [6, 6.07) is 7.85.